The van der Waals surface area contributed by atoms with Crippen LogP contribution < -0.4 is 20.1 Å². The fourth-order valence-electron chi connectivity index (χ4n) is 2.79. The number of nitrogens with one attached hydrogen (secondary N) is 4. The Kier molecular flexibility index (Phi) is 6.78. The fraction of sp³-hybridized carbons (Fsp3) is 0.389. The lowest BCUT2D eigenvalue weighted by Crippen LogP contribution is -2.24. The van der Waals surface area contributed by atoms with Crippen LogP contribution >= 0.6 is 24.2 Å². The second kappa shape index (κ2) is 8.67. The highest BCUT2D eigenvalue weighted by atomic mass is 35.5. The fourth-order valence-corrected chi connectivity index (χ4v) is 3.68. The van der Waals surface area contributed by atoms with Gasteiger partial charge in [0.2, 0.25) is 0 Å². The quantitative estimate of drug-likeness (QED) is 0.596. The zero-order valence-electron chi connectivity index (χ0n) is 15.7. The first-order valence-electron chi connectivity index (χ1n) is 8.45. The molecule has 2 heterocycles. The van der Waals surface area contributed by atoms with E-state index in [-0.39, 0.29) is 24.1 Å². The highest BCUT2D eigenvalue weighted by molar-refractivity contribution is 8.18. The average Bonchev–Trinajstić information content (AvgIpc) is 3.19. The Morgan fingerprint density at radius 3 is 2.41 bits per heavy atom. The minimum Gasteiger partial charge on any atom is -0.496 e. The summed E-state index contributed by atoms with van der Waals surface area (Å²) >= 11 is 1.41. The number of rotatable bonds is 5. The molecule has 0 saturated heterocycles. The molecule has 146 valence electrons. The van der Waals surface area contributed by atoms with E-state index in [0.29, 0.717) is 38.8 Å². The number of methoxy groups -OCH3 is 2. The molecule has 3 rings (SSSR count). The number of fused-ring (bicyclic) bond motifs is 1. The van der Waals surface area contributed by atoms with Crippen molar-refractivity contribution in [3.8, 4) is 11.5 Å². The van der Waals surface area contributed by atoms with Crippen LogP contribution in [0.3, 0.4) is 0 Å². The van der Waals surface area contributed by atoms with Crippen LogP contribution in [0.1, 0.15) is 31.4 Å². The van der Waals surface area contributed by atoms with Gasteiger partial charge in [0.15, 0.2) is 11.0 Å². The SMILES string of the molecule is CCC(C)CNC1=NC(=N)/C(=C2\NC(=N)c3c(OC)ccc(OC)c32)S1.Cl. The van der Waals surface area contributed by atoms with Gasteiger partial charge in [-0.25, -0.2) is 4.99 Å². The molecule has 0 radical (unpaired) electrons. The van der Waals surface area contributed by atoms with Crippen molar-refractivity contribution >= 4 is 46.7 Å². The van der Waals surface area contributed by atoms with Crippen LogP contribution in [-0.2, 0) is 0 Å². The monoisotopic (exact) mass is 409 g/mol. The van der Waals surface area contributed by atoms with Gasteiger partial charge < -0.3 is 20.1 Å². The second-order valence-corrected chi connectivity index (χ2v) is 7.19. The standard InChI is InChI=1S/C18H23N5O2S.ClH/c1-5-9(2)8-21-18-23-17(20)15(26-18)14-12-10(24-3)6-7-11(25-4)13(12)16(19)22-14;/h6-7,9H,5,8H2,1-4H3,(H2,19,22)(H2,20,21,23);1H/b15-14+;. The molecule has 4 N–H and O–H groups in total. The summed E-state index contributed by atoms with van der Waals surface area (Å²) in [4.78, 5) is 5.00. The molecule has 1 atom stereocenters. The molecule has 2 aliphatic heterocycles. The van der Waals surface area contributed by atoms with E-state index < -0.39 is 0 Å². The van der Waals surface area contributed by atoms with Gasteiger partial charge in [0, 0.05) is 6.54 Å². The Hall–Kier alpha value is -2.19. The topological polar surface area (TPSA) is 103 Å². The molecule has 27 heavy (non-hydrogen) atoms. The number of nitrogens with zero attached hydrogens (tertiary/aromatic N) is 1. The van der Waals surface area contributed by atoms with Crippen molar-refractivity contribution in [1.82, 2.24) is 10.6 Å². The normalized spacial score (nSPS) is 19.0. The maximum absolute atomic E-state index is 8.31. The number of aliphatic imine (C=N–C) groups is 1. The Morgan fingerprint density at radius 2 is 1.81 bits per heavy atom. The highest BCUT2D eigenvalue weighted by Crippen LogP contribution is 2.43. The largest absolute Gasteiger partial charge is 0.496 e. The molecule has 0 aliphatic carbocycles. The molecule has 0 amide bonds. The number of benzene rings is 1. The zero-order chi connectivity index (χ0) is 18.8. The summed E-state index contributed by atoms with van der Waals surface area (Å²) in [5.74, 6) is 2.17. The maximum Gasteiger partial charge on any atom is 0.168 e. The van der Waals surface area contributed by atoms with Gasteiger partial charge in [-0.2, -0.15) is 0 Å². The van der Waals surface area contributed by atoms with Crippen LogP contribution in [0, 0.1) is 16.7 Å². The van der Waals surface area contributed by atoms with Crippen LogP contribution in [0.25, 0.3) is 5.70 Å². The third-order valence-electron chi connectivity index (χ3n) is 4.47. The van der Waals surface area contributed by atoms with E-state index >= 15 is 0 Å². The van der Waals surface area contributed by atoms with E-state index in [1.54, 1.807) is 20.3 Å². The second-order valence-electron chi connectivity index (χ2n) is 6.19. The minimum absolute atomic E-state index is 0. The van der Waals surface area contributed by atoms with Gasteiger partial charge in [-0.3, -0.25) is 10.8 Å². The lowest BCUT2D eigenvalue weighted by molar-refractivity contribution is 0.402. The molecule has 0 bridgehead atoms. The molecule has 2 aliphatic rings. The van der Waals surface area contributed by atoms with Gasteiger partial charge in [0.05, 0.1) is 35.9 Å². The van der Waals surface area contributed by atoms with Crippen molar-refractivity contribution in [3.05, 3.63) is 28.2 Å². The summed E-state index contributed by atoms with van der Waals surface area (Å²) in [6.07, 6.45) is 1.08. The third-order valence-corrected chi connectivity index (χ3v) is 5.50. The first kappa shape index (κ1) is 21.1. The Bertz CT molecular complexity index is 837. The maximum atomic E-state index is 8.31. The molecule has 7 nitrogen and oxygen atoms in total. The van der Waals surface area contributed by atoms with Crippen LogP contribution in [0.15, 0.2) is 22.0 Å². The minimum atomic E-state index is 0. The van der Waals surface area contributed by atoms with Gasteiger partial charge in [-0.1, -0.05) is 20.3 Å². The predicted octanol–water partition coefficient (Wildman–Crippen LogP) is 3.44. The van der Waals surface area contributed by atoms with Crippen molar-refractivity contribution < 1.29 is 9.47 Å². The molecular weight excluding hydrogens is 386 g/mol. The first-order valence-corrected chi connectivity index (χ1v) is 9.26. The molecular formula is C18H24ClN5O2S. The average molecular weight is 410 g/mol. The summed E-state index contributed by atoms with van der Waals surface area (Å²) in [5, 5.41) is 23.7. The van der Waals surface area contributed by atoms with Crippen molar-refractivity contribution in [2.24, 2.45) is 10.9 Å². The summed E-state index contributed by atoms with van der Waals surface area (Å²) in [7, 11) is 3.17. The summed E-state index contributed by atoms with van der Waals surface area (Å²) in [6.45, 7) is 5.14. The summed E-state index contributed by atoms with van der Waals surface area (Å²) in [5.41, 5.74) is 2.05. The Balaban J connectivity index is 0.00000261. The van der Waals surface area contributed by atoms with Gasteiger partial charge in [-0.05, 0) is 29.8 Å². The van der Waals surface area contributed by atoms with Gasteiger partial charge in [0.1, 0.15) is 17.3 Å². The van der Waals surface area contributed by atoms with Crippen molar-refractivity contribution in [2.45, 2.75) is 20.3 Å². The summed E-state index contributed by atoms with van der Waals surface area (Å²) in [6, 6.07) is 3.59. The zero-order valence-corrected chi connectivity index (χ0v) is 17.4. The molecule has 0 fully saturated rings. The highest BCUT2D eigenvalue weighted by Gasteiger charge is 2.34. The van der Waals surface area contributed by atoms with Crippen LogP contribution in [0.5, 0.6) is 11.5 Å². The Morgan fingerprint density at radius 1 is 1.19 bits per heavy atom. The molecule has 0 spiro atoms. The van der Waals surface area contributed by atoms with E-state index in [9.17, 15) is 0 Å². The lowest BCUT2D eigenvalue weighted by Gasteiger charge is -2.12. The number of hydrogen-bond acceptors (Lipinski definition) is 6. The molecule has 0 saturated carbocycles. The number of thioether (sulfide) groups is 1. The van der Waals surface area contributed by atoms with E-state index in [1.165, 1.54) is 11.8 Å². The lowest BCUT2D eigenvalue weighted by atomic mass is 10.0. The molecule has 1 aromatic rings. The van der Waals surface area contributed by atoms with Crippen molar-refractivity contribution in [3.63, 3.8) is 0 Å². The van der Waals surface area contributed by atoms with E-state index in [4.69, 9.17) is 20.3 Å². The Labute approximate surface area is 169 Å². The third kappa shape index (κ3) is 3.91. The van der Waals surface area contributed by atoms with Crippen LogP contribution in [0.2, 0.25) is 0 Å². The molecule has 1 aromatic carbocycles. The smallest absolute Gasteiger partial charge is 0.168 e. The molecule has 0 aromatic heterocycles. The summed E-state index contributed by atoms with van der Waals surface area (Å²) < 4.78 is 10.9. The van der Waals surface area contributed by atoms with Crippen molar-refractivity contribution in [1.29, 1.82) is 10.8 Å². The van der Waals surface area contributed by atoms with Crippen molar-refractivity contribution in [2.75, 3.05) is 20.8 Å². The predicted molar refractivity (Wildman–Crippen MR) is 114 cm³/mol. The van der Waals surface area contributed by atoms with E-state index in [2.05, 4.69) is 29.5 Å². The molecule has 9 heteroatoms. The number of hydrogen-bond donors (Lipinski definition) is 4. The van der Waals surface area contributed by atoms with Crippen LogP contribution in [0.4, 0.5) is 0 Å². The van der Waals surface area contributed by atoms with E-state index in [0.717, 1.165) is 18.5 Å². The number of halogens is 1. The molecule has 1 unspecified atom stereocenters. The number of ether oxygens (including phenoxy) is 2. The van der Waals surface area contributed by atoms with Gasteiger partial charge in [0.25, 0.3) is 0 Å². The van der Waals surface area contributed by atoms with E-state index in [1.807, 2.05) is 6.07 Å². The van der Waals surface area contributed by atoms with Gasteiger partial charge >= 0.3 is 0 Å². The number of amidine groups is 3. The van der Waals surface area contributed by atoms with Gasteiger partial charge in [-0.15, -0.1) is 12.4 Å². The first-order chi connectivity index (χ1) is 12.5. The van der Waals surface area contributed by atoms with Crippen LogP contribution in [-0.4, -0.2) is 37.6 Å².